The Morgan fingerprint density at radius 3 is 2.00 bits per heavy atom. The van der Waals surface area contributed by atoms with E-state index in [-0.39, 0.29) is 10.8 Å². The second kappa shape index (κ2) is 3.80. The van der Waals surface area contributed by atoms with Crippen molar-refractivity contribution in [3.05, 3.63) is 0 Å². The lowest BCUT2D eigenvalue weighted by molar-refractivity contribution is -0.171. The normalized spacial score (nSPS) is 28.1. The van der Waals surface area contributed by atoms with Gasteiger partial charge in [-0.3, -0.25) is 4.79 Å². The first kappa shape index (κ1) is 11.0. The van der Waals surface area contributed by atoms with Crippen LogP contribution in [0.1, 0.15) is 64.7 Å². The average molecular weight is 210 g/mol. The third-order valence-electron chi connectivity index (χ3n) is 5.12. The molecule has 0 unspecified atom stereocenters. The van der Waals surface area contributed by atoms with Gasteiger partial charge in [0.05, 0.1) is 5.41 Å². The van der Waals surface area contributed by atoms with Crippen LogP contribution < -0.4 is 0 Å². The molecule has 2 heteroatoms. The van der Waals surface area contributed by atoms with Crippen molar-refractivity contribution in [2.24, 2.45) is 10.8 Å². The summed E-state index contributed by atoms with van der Waals surface area (Å²) in [4.78, 5) is 11.7. The summed E-state index contributed by atoms with van der Waals surface area (Å²) in [5.74, 6) is -0.510. The number of carbonyl (C=O) groups is 1. The van der Waals surface area contributed by atoms with Crippen LogP contribution in [0, 0.1) is 10.8 Å². The fourth-order valence-electron chi connectivity index (χ4n) is 3.90. The summed E-state index contributed by atoms with van der Waals surface area (Å²) in [6.07, 6.45) is 9.91. The lowest BCUT2D eigenvalue weighted by atomic mass is 9.48. The first-order chi connectivity index (χ1) is 7.17. The van der Waals surface area contributed by atoms with Crippen LogP contribution in [0.4, 0.5) is 0 Å². The van der Waals surface area contributed by atoms with E-state index >= 15 is 0 Å². The summed E-state index contributed by atoms with van der Waals surface area (Å²) in [5, 5.41) is 9.62. The van der Waals surface area contributed by atoms with Gasteiger partial charge in [-0.25, -0.2) is 0 Å². The Morgan fingerprint density at radius 2 is 1.67 bits per heavy atom. The molecule has 2 fully saturated rings. The maximum Gasteiger partial charge on any atom is 0.310 e. The number of aliphatic carboxylic acids is 1. The van der Waals surface area contributed by atoms with Crippen LogP contribution in [0.5, 0.6) is 0 Å². The van der Waals surface area contributed by atoms with Gasteiger partial charge < -0.3 is 5.11 Å². The van der Waals surface area contributed by atoms with Crippen LogP contribution >= 0.6 is 0 Å². The summed E-state index contributed by atoms with van der Waals surface area (Å²) < 4.78 is 0. The molecular weight excluding hydrogens is 188 g/mol. The number of carboxylic acids is 1. The van der Waals surface area contributed by atoms with Gasteiger partial charge in [-0.15, -0.1) is 0 Å². The molecular formula is C13H22O2. The molecule has 2 rings (SSSR count). The highest BCUT2D eigenvalue weighted by Crippen LogP contribution is 2.61. The van der Waals surface area contributed by atoms with Crippen LogP contribution in [0.25, 0.3) is 0 Å². The Hall–Kier alpha value is -0.530. The van der Waals surface area contributed by atoms with Crippen molar-refractivity contribution in [1.82, 2.24) is 0 Å². The quantitative estimate of drug-likeness (QED) is 0.772. The molecule has 0 radical (unpaired) electrons. The SMILES string of the molecule is CCC1(C2(C(=O)O)CCCCC2)CCC1. The molecule has 86 valence electrons. The standard InChI is InChI=1S/C13H22O2/c1-2-12(7-6-8-12)13(11(14)15)9-4-3-5-10-13/h2-10H2,1H3,(H,14,15). The maximum atomic E-state index is 11.7. The topological polar surface area (TPSA) is 37.3 Å². The van der Waals surface area contributed by atoms with Gasteiger partial charge in [0.2, 0.25) is 0 Å². The lowest BCUT2D eigenvalue weighted by Gasteiger charge is -2.55. The number of hydrogen-bond acceptors (Lipinski definition) is 1. The first-order valence-corrected chi connectivity index (χ1v) is 6.40. The van der Waals surface area contributed by atoms with Crippen LogP contribution in [0.15, 0.2) is 0 Å². The molecule has 0 saturated heterocycles. The van der Waals surface area contributed by atoms with Crippen molar-refractivity contribution in [1.29, 1.82) is 0 Å². The third kappa shape index (κ3) is 1.41. The zero-order valence-corrected chi connectivity index (χ0v) is 9.72. The molecule has 0 bridgehead atoms. The number of carboxylic acid groups (broad SMARTS) is 1. The highest BCUT2D eigenvalue weighted by atomic mass is 16.4. The van der Waals surface area contributed by atoms with Gasteiger partial charge in [0.25, 0.3) is 0 Å². The molecule has 2 saturated carbocycles. The van der Waals surface area contributed by atoms with E-state index in [1.54, 1.807) is 0 Å². The molecule has 0 amide bonds. The Kier molecular flexibility index (Phi) is 2.78. The number of rotatable bonds is 3. The lowest BCUT2D eigenvalue weighted by Crippen LogP contribution is -2.52. The van der Waals surface area contributed by atoms with Crippen LogP contribution in [-0.4, -0.2) is 11.1 Å². The molecule has 0 heterocycles. The molecule has 2 nitrogen and oxygen atoms in total. The fourth-order valence-corrected chi connectivity index (χ4v) is 3.90. The van der Waals surface area contributed by atoms with Gasteiger partial charge >= 0.3 is 5.97 Å². The van der Waals surface area contributed by atoms with E-state index in [1.165, 1.54) is 12.8 Å². The minimum absolute atomic E-state index is 0.152. The van der Waals surface area contributed by atoms with E-state index in [0.717, 1.165) is 44.9 Å². The van der Waals surface area contributed by atoms with Gasteiger partial charge in [0.15, 0.2) is 0 Å². The van der Waals surface area contributed by atoms with Crippen molar-refractivity contribution in [2.45, 2.75) is 64.7 Å². The van der Waals surface area contributed by atoms with Crippen molar-refractivity contribution in [2.75, 3.05) is 0 Å². The average Bonchev–Trinajstić information content (AvgIpc) is 2.18. The van der Waals surface area contributed by atoms with E-state index in [9.17, 15) is 9.90 Å². The van der Waals surface area contributed by atoms with E-state index in [4.69, 9.17) is 0 Å². The van der Waals surface area contributed by atoms with E-state index in [1.807, 2.05) is 0 Å². The zero-order valence-electron chi connectivity index (χ0n) is 9.72. The molecule has 0 aliphatic heterocycles. The molecule has 0 aromatic rings. The van der Waals surface area contributed by atoms with Gasteiger partial charge in [-0.05, 0) is 37.5 Å². The zero-order chi connectivity index (χ0) is 10.9. The molecule has 0 aromatic heterocycles. The van der Waals surface area contributed by atoms with E-state index in [2.05, 4.69) is 6.92 Å². The Balaban J connectivity index is 2.28. The monoisotopic (exact) mass is 210 g/mol. The summed E-state index contributed by atoms with van der Waals surface area (Å²) in [7, 11) is 0. The second-order valence-electron chi connectivity index (χ2n) is 5.44. The molecule has 2 aliphatic rings. The van der Waals surface area contributed by atoms with E-state index in [0.29, 0.717) is 0 Å². The first-order valence-electron chi connectivity index (χ1n) is 6.40. The minimum Gasteiger partial charge on any atom is -0.481 e. The molecule has 0 atom stereocenters. The van der Waals surface area contributed by atoms with Crippen molar-refractivity contribution >= 4 is 5.97 Å². The molecule has 2 aliphatic carbocycles. The molecule has 1 N–H and O–H groups in total. The largest absolute Gasteiger partial charge is 0.481 e. The van der Waals surface area contributed by atoms with Crippen LogP contribution in [0.3, 0.4) is 0 Å². The van der Waals surface area contributed by atoms with Gasteiger partial charge in [0.1, 0.15) is 0 Å². The predicted molar refractivity (Wildman–Crippen MR) is 59.7 cm³/mol. The smallest absolute Gasteiger partial charge is 0.310 e. The molecule has 0 spiro atoms. The predicted octanol–water partition coefficient (Wildman–Crippen LogP) is 3.60. The highest BCUT2D eigenvalue weighted by Gasteiger charge is 2.57. The number of hydrogen-bond donors (Lipinski definition) is 1. The third-order valence-corrected chi connectivity index (χ3v) is 5.12. The summed E-state index contributed by atoms with van der Waals surface area (Å²) in [6, 6.07) is 0. The molecule has 0 aromatic carbocycles. The van der Waals surface area contributed by atoms with Crippen LogP contribution in [-0.2, 0) is 4.79 Å². The highest BCUT2D eigenvalue weighted by molar-refractivity contribution is 5.76. The fraction of sp³-hybridized carbons (Fsp3) is 0.923. The summed E-state index contributed by atoms with van der Waals surface area (Å²) in [5.41, 5.74) is -0.211. The van der Waals surface area contributed by atoms with Crippen LogP contribution in [0.2, 0.25) is 0 Å². The minimum atomic E-state index is -0.510. The Morgan fingerprint density at radius 1 is 1.07 bits per heavy atom. The second-order valence-corrected chi connectivity index (χ2v) is 5.44. The Labute approximate surface area is 92.1 Å². The van der Waals surface area contributed by atoms with Gasteiger partial charge in [-0.1, -0.05) is 32.6 Å². The van der Waals surface area contributed by atoms with Crippen molar-refractivity contribution in [3.63, 3.8) is 0 Å². The Bertz CT molecular complexity index is 242. The van der Waals surface area contributed by atoms with Gasteiger partial charge in [0, 0.05) is 0 Å². The van der Waals surface area contributed by atoms with Crippen molar-refractivity contribution in [3.8, 4) is 0 Å². The summed E-state index contributed by atoms with van der Waals surface area (Å²) in [6.45, 7) is 2.18. The summed E-state index contributed by atoms with van der Waals surface area (Å²) >= 11 is 0. The maximum absolute atomic E-state index is 11.7. The molecule has 15 heavy (non-hydrogen) atoms. The van der Waals surface area contributed by atoms with Crippen molar-refractivity contribution < 1.29 is 9.90 Å². The van der Waals surface area contributed by atoms with E-state index < -0.39 is 5.97 Å². The van der Waals surface area contributed by atoms with Gasteiger partial charge in [-0.2, -0.15) is 0 Å².